The fourth-order valence-corrected chi connectivity index (χ4v) is 3.56. The number of rotatable bonds is 4. The second kappa shape index (κ2) is 7.46. The summed E-state index contributed by atoms with van der Waals surface area (Å²) in [5.74, 6) is 0.000479. The van der Waals surface area contributed by atoms with Crippen LogP contribution in [-0.2, 0) is 4.79 Å². The largest absolute Gasteiger partial charge is 0.351 e. The molecule has 0 fully saturated rings. The molecule has 0 saturated heterocycles. The number of hydrogen-bond acceptors (Lipinski definition) is 4. The van der Waals surface area contributed by atoms with Gasteiger partial charge < -0.3 is 5.32 Å². The molecule has 0 radical (unpaired) electrons. The van der Waals surface area contributed by atoms with E-state index in [0.717, 1.165) is 27.1 Å². The van der Waals surface area contributed by atoms with Crippen LogP contribution in [0.1, 0.15) is 27.7 Å². The number of carbonyl (C=O) groups excluding carboxylic acids is 1. The zero-order chi connectivity index (χ0) is 18.7. The third-order valence-corrected chi connectivity index (χ3v) is 4.95. The van der Waals surface area contributed by atoms with Crippen LogP contribution in [0.2, 0.25) is 0 Å². The standard InChI is InChI=1S/C21H23N3OS/c1-14(19(25)22-21(2,3)4)26-20-17-13-9-8-12-16(17)18(23-24-20)15-10-6-5-7-11-15/h5-14H,1-4H3,(H,22,25)/t14-/m0/s1. The number of benzene rings is 2. The molecule has 1 aromatic heterocycles. The molecule has 1 N–H and O–H groups in total. The van der Waals surface area contributed by atoms with E-state index >= 15 is 0 Å². The highest BCUT2D eigenvalue weighted by atomic mass is 32.2. The van der Waals surface area contributed by atoms with E-state index < -0.39 is 0 Å². The maximum absolute atomic E-state index is 12.4. The normalized spacial score (nSPS) is 12.8. The summed E-state index contributed by atoms with van der Waals surface area (Å²) in [7, 11) is 0. The highest BCUT2D eigenvalue weighted by Gasteiger charge is 2.22. The molecule has 5 heteroatoms. The molecule has 4 nitrogen and oxygen atoms in total. The lowest BCUT2D eigenvalue weighted by molar-refractivity contribution is -0.121. The molecular formula is C21H23N3OS. The van der Waals surface area contributed by atoms with E-state index in [1.165, 1.54) is 11.8 Å². The van der Waals surface area contributed by atoms with E-state index in [2.05, 4.69) is 21.6 Å². The molecule has 1 heterocycles. The lowest BCUT2D eigenvalue weighted by Crippen LogP contribution is -2.44. The van der Waals surface area contributed by atoms with E-state index in [9.17, 15) is 4.79 Å². The van der Waals surface area contributed by atoms with Gasteiger partial charge in [-0.15, -0.1) is 10.2 Å². The second-order valence-electron chi connectivity index (χ2n) is 7.26. The molecule has 2 aromatic carbocycles. The number of carbonyl (C=O) groups is 1. The Labute approximate surface area is 158 Å². The molecule has 0 spiro atoms. The van der Waals surface area contributed by atoms with Crippen LogP contribution in [0.15, 0.2) is 59.6 Å². The van der Waals surface area contributed by atoms with Crippen LogP contribution >= 0.6 is 11.8 Å². The SMILES string of the molecule is C[C@H](Sc1nnc(-c2ccccc2)c2ccccc12)C(=O)NC(C)(C)C. The van der Waals surface area contributed by atoms with Crippen molar-refractivity contribution < 1.29 is 4.79 Å². The summed E-state index contributed by atoms with van der Waals surface area (Å²) < 4.78 is 0. The van der Waals surface area contributed by atoms with Crippen molar-refractivity contribution in [1.82, 2.24) is 15.5 Å². The highest BCUT2D eigenvalue weighted by Crippen LogP contribution is 2.33. The molecule has 0 aliphatic heterocycles. The Morgan fingerprint density at radius 1 is 0.962 bits per heavy atom. The van der Waals surface area contributed by atoms with Crippen LogP contribution in [0.4, 0.5) is 0 Å². The van der Waals surface area contributed by atoms with E-state index in [1.807, 2.05) is 76.2 Å². The van der Waals surface area contributed by atoms with Crippen LogP contribution < -0.4 is 5.32 Å². The first kappa shape index (κ1) is 18.4. The number of fused-ring (bicyclic) bond motifs is 1. The lowest BCUT2D eigenvalue weighted by atomic mass is 10.1. The molecule has 1 atom stereocenters. The van der Waals surface area contributed by atoms with Crippen molar-refractivity contribution in [3.8, 4) is 11.3 Å². The van der Waals surface area contributed by atoms with Crippen LogP contribution in [0, 0.1) is 0 Å². The molecule has 26 heavy (non-hydrogen) atoms. The lowest BCUT2D eigenvalue weighted by Gasteiger charge is -2.23. The average molecular weight is 366 g/mol. The predicted molar refractivity (Wildman–Crippen MR) is 108 cm³/mol. The molecule has 0 bridgehead atoms. The number of hydrogen-bond donors (Lipinski definition) is 1. The Kier molecular flexibility index (Phi) is 5.28. The van der Waals surface area contributed by atoms with Crippen LogP contribution in [0.25, 0.3) is 22.0 Å². The Bertz CT molecular complexity index is 919. The third kappa shape index (κ3) is 4.22. The number of aromatic nitrogens is 2. The summed E-state index contributed by atoms with van der Waals surface area (Å²) in [5, 5.41) is 14.5. The molecule has 3 aromatic rings. The van der Waals surface area contributed by atoms with Gasteiger partial charge in [-0.25, -0.2) is 0 Å². The van der Waals surface area contributed by atoms with Crippen LogP contribution in [0.5, 0.6) is 0 Å². The maximum Gasteiger partial charge on any atom is 0.233 e. The summed E-state index contributed by atoms with van der Waals surface area (Å²) in [6.45, 7) is 7.83. The second-order valence-corrected chi connectivity index (χ2v) is 8.59. The monoisotopic (exact) mass is 365 g/mol. The van der Waals surface area contributed by atoms with Crippen LogP contribution in [0.3, 0.4) is 0 Å². The minimum Gasteiger partial charge on any atom is -0.351 e. The van der Waals surface area contributed by atoms with Gasteiger partial charge in [0.25, 0.3) is 0 Å². The average Bonchev–Trinajstić information content (AvgIpc) is 2.61. The van der Waals surface area contributed by atoms with Gasteiger partial charge in [0.2, 0.25) is 5.91 Å². The van der Waals surface area contributed by atoms with E-state index in [1.54, 1.807) is 0 Å². The molecule has 1 amide bonds. The Morgan fingerprint density at radius 2 is 1.58 bits per heavy atom. The van der Waals surface area contributed by atoms with Gasteiger partial charge >= 0.3 is 0 Å². The fourth-order valence-electron chi connectivity index (χ4n) is 2.67. The molecule has 0 saturated carbocycles. The molecule has 134 valence electrons. The minimum absolute atomic E-state index is 0.000479. The number of nitrogens with one attached hydrogen (secondary N) is 1. The van der Waals surface area contributed by atoms with E-state index in [0.29, 0.717) is 0 Å². The topological polar surface area (TPSA) is 54.9 Å². The molecule has 0 aliphatic rings. The zero-order valence-electron chi connectivity index (χ0n) is 15.5. The van der Waals surface area contributed by atoms with E-state index in [4.69, 9.17) is 0 Å². The molecular weight excluding hydrogens is 342 g/mol. The van der Waals surface area contributed by atoms with Crippen molar-refractivity contribution in [3.05, 3.63) is 54.6 Å². The van der Waals surface area contributed by atoms with Gasteiger partial charge in [0.1, 0.15) is 10.7 Å². The summed E-state index contributed by atoms with van der Waals surface area (Å²) >= 11 is 1.44. The van der Waals surface area contributed by atoms with Crippen molar-refractivity contribution in [3.63, 3.8) is 0 Å². The zero-order valence-corrected chi connectivity index (χ0v) is 16.3. The van der Waals surface area contributed by atoms with Crippen LogP contribution in [-0.4, -0.2) is 26.9 Å². The Balaban J connectivity index is 1.95. The number of thioether (sulfide) groups is 1. The quantitative estimate of drug-likeness (QED) is 0.681. The summed E-state index contributed by atoms with van der Waals surface area (Å²) in [6, 6.07) is 18.1. The molecule has 3 rings (SSSR count). The third-order valence-electron chi connectivity index (χ3n) is 3.86. The maximum atomic E-state index is 12.4. The molecule has 0 aliphatic carbocycles. The van der Waals surface area contributed by atoms with Gasteiger partial charge in [-0.05, 0) is 27.7 Å². The van der Waals surface area contributed by atoms with Gasteiger partial charge in [-0.3, -0.25) is 4.79 Å². The highest BCUT2D eigenvalue weighted by molar-refractivity contribution is 8.00. The summed E-state index contributed by atoms with van der Waals surface area (Å²) in [6.07, 6.45) is 0. The van der Waals surface area contributed by atoms with Crippen molar-refractivity contribution in [2.45, 2.75) is 43.5 Å². The first-order valence-electron chi connectivity index (χ1n) is 8.65. The Hall–Kier alpha value is -2.40. The predicted octanol–water partition coefficient (Wildman–Crippen LogP) is 4.69. The van der Waals surface area contributed by atoms with E-state index in [-0.39, 0.29) is 16.7 Å². The first-order valence-corrected chi connectivity index (χ1v) is 9.52. The van der Waals surface area contributed by atoms with Crippen molar-refractivity contribution in [1.29, 1.82) is 0 Å². The summed E-state index contributed by atoms with van der Waals surface area (Å²) in [4.78, 5) is 12.4. The van der Waals surface area contributed by atoms with Crippen molar-refractivity contribution in [2.24, 2.45) is 0 Å². The van der Waals surface area contributed by atoms with Gasteiger partial charge in [0, 0.05) is 21.9 Å². The fraction of sp³-hybridized carbons (Fsp3) is 0.286. The van der Waals surface area contributed by atoms with Gasteiger partial charge in [0.05, 0.1) is 5.25 Å². The van der Waals surface area contributed by atoms with Gasteiger partial charge in [-0.1, -0.05) is 66.4 Å². The smallest absolute Gasteiger partial charge is 0.233 e. The van der Waals surface area contributed by atoms with Crippen molar-refractivity contribution >= 4 is 28.4 Å². The van der Waals surface area contributed by atoms with Gasteiger partial charge in [0.15, 0.2) is 0 Å². The number of amides is 1. The van der Waals surface area contributed by atoms with Gasteiger partial charge in [-0.2, -0.15) is 0 Å². The molecule has 0 unspecified atom stereocenters. The first-order chi connectivity index (χ1) is 12.3. The number of nitrogens with zero attached hydrogens (tertiary/aromatic N) is 2. The minimum atomic E-state index is -0.255. The Morgan fingerprint density at radius 3 is 2.23 bits per heavy atom. The summed E-state index contributed by atoms with van der Waals surface area (Å²) in [5.41, 5.74) is 1.64. The van der Waals surface area contributed by atoms with Crippen molar-refractivity contribution in [2.75, 3.05) is 0 Å².